The molecule has 6 heteroatoms. The molecule has 126 valence electrons. The number of rotatable bonds is 6. The Hall–Kier alpha value is -2.34. The maximum Gasteiger partial charge on any atom is 0.234 e. The average Bonchev–Trinajstić information content (AvgIpc) is 3.25. The zero-order valence-corrected chi connectivity index (χ0v) is 13.9. The molecule has 3 heterocycles. The third-order valence-corrected chi connectivity index (χ3v) is 4.54. The Morgan fingerprint density at radius 2 is 2.04 bits per heavy atom. The number of imidazole rings is 1. The van der Waals surface area contributed by atoms with Gasteiger partial charge in [0, 0.05) is 31.1 Å². The number of fused-ring (bicyclic) bond motifs is 3. The van der Waals surface area contributed by atoms with Crippen molar-refractivity contribution in [3.05, 3.63) is 30.6 Å². The molecule has 0 spiro atoms. The first-order valence-electron chi connectivity index (χ1n) is 8.51. The van der Waals surface area contributed by atoms with Crippen LogP contribution in [0.1, 0.15) is 19.3 Å². The second-order valence-corrected chi connectivity index (χ2v) is 6.14. The van der Waals surface area contributed by atoms with Crippen LogP contribution < -0.4 is 9.47 Å². The van der Waals surface area contributed by atoms with Crippen molar-refractivity contribution in [2.75, 3.05) is 33.4 Å². The molecule has 1 aliphatic heterocycles. The van der Waals surface area contributed by atoms with Gasteiger partial charge in [-0.1, -0.05) is 0 Å². The summed E-state index contributed by atoms with van der Waals surface area (Å²) >= 11 is 0. The molecule has 6 nitrogen and oxygen atoms in total. The van der Waals surface area contributed by atoms with Gasteiger partial charge in [-0.3, -0.25) is 4.40 Å². The molecule has 3 aromatic rings. The minimum Gasteiger partial charge on any atom is -0.493 e. The molecule has 1 aliphatic rings. The van der Waals surface area contributed by atoms with E-state index >= 15 is 0 Å². The summed E-state index contributed by atoms with van der Waals surface area (Å²) in [5, 5.41) is 0. The molecule has 2 aromatic heterocycles. The van der Waals surface area contributed by atoms with Crippen molar-refractivity contribution >= 4 is 16.8 Å². The fourth-order valence-corrected chi connectivity index (χ4v) is 3.31. The van der Waals surface area contributed by atoms with Crippen LogP contribution in [0.15, 0.2) is 30.6 Å². The Kier molecular flexibility index (Phi) is 4.21. The predicted octanol–water partition coefficient (Wildman–Crippen LogP) is 2.76. The Labute approximate surface area is 141 Å². The molecule has 0 aliphatic carbocycles. The number of likely N-dealkylation sites (tertiary alicyclic amines) is 1. The van der Waals surface area contributed by atoms with Crippen molar-refractivity contribution in [1.82, 2.24) is 19.3 Å². The molecular formula is C18H22N4O2. The first-order valence-corrected chi connectivity index (χ1v) is 8.51. The predicted molar refractivity (Wildman–Crippen MR) is 92.8 cm³/mol. The Bertz CT molecular complexity index is 840. The third-order valence-electron chi connectivity index (χ3n) is 4.54. The van der Waals surface area contributed by atoms with Crippen LogP contribution in [0.2, 0.25) is 0 Å². The van der Waals surface area contributed by atoms with Crippen LogP contribution in [-0.2, 0) is 0 Å². The van der Waals surface area contributed by atoms with E-state index in [9.17, 15) is 0 Å². The van der Waals surface area contributed by atoms with Gasteiger partial charge in [0.2, 0.25) is 5.78 Å². The van der Waals surface area contributed by atoms with E-state index in [0.29, 0.717) is 12.4 Å². The highest BCUT2D eigenvalue weighted by atomic mass is 16.5. The molecule has 0 amide bonds. The zero-order chi connectivity index (χ0) is 16.4. The Morgan fingerprint density at radius 1 is 1.17 bits per heavy atom. The van der Waals surface area contributed by atoms with Gasteiger partial charge in [-0.25, -0.2) is 9.97 Å². The van der Waals surface area contributed by atoms with Gasteiger partial charge in [0.15, 0.2) is 11.5 Å². The van der Waals surface area contributed by atoms with Crippen molar-refractivity contribution in [3.8, 4) is 11.5 Å². The van der Waals surface area contributed by atoms with Crippen LogP contribution in [0.25, 0.3) is 16.8 Å². The molecule has 1 fully saturated rings. The summed E-state index contributed by atoms with van der Waals surface area (Å²) in [4.78, 5) is 11.3. The molecular weight excluding hydrogens is 304 g/mol. The van der Waals surface area contributed by atoms with E-state index < -0.39 is 0 Å². The van der Waals surface area contributed by atoms with Gasteiger partial charge in [0.25, 0.3) is 0 Å². The molecule has 24 heavy (non-hydrogen) atoms. The van der Waals surface area contributed by atoms with E-state index in [4.69, 9.17) is 9.47 Å². The number of methoxy groups -OCH3 is 1. The largest absolute Gasteiger partial charge is 0.493 e. The summed E-state index contributed by atoms with van der Waals surface area (Å²) in [7, 11) is 1.67. The molecule has 1 aromatic carbocycles. The number of hydrogen-bond acceptors (Lipinski definition) is 5. The van der Waals surface area contributed by atoms with Crippen molar-refractivity contribution < 1.29 is 9.47 Å². The molecule has 0 saturated carbocycles. The SMILES string of the molecule is COc1cc2c(cc1OCCCN1CCCC1)nc1ncccn12. The third kappa shape index (κ3) is 2.89. The van der Waals surface area contributed by atoms with Gasteiger partial charge in [0.05, 0.1) is 24.8 Å². The van der Waals surface area contributed by atoms with Crippen LogP contribution in [0.5, 0.6) is 11.5 Å². The number of benzene rings is 1. The summed E-state index contributed by atoms with van der Waals surface area (Å²) in [6.07, 6.45) is 7.37. The lowest BCUT2D eigenvalue weighted by atomic mass is 10.2. The monoisotopic (exact) mass is 326 g/mol. The maximum atomic E-state index is 5.97. The van der Waals surface area contributed by atoms with Crippen LogP contribution in [0.3, 0.4) is 0 Å². The van der Waals surface area contributed by atoms with E-state index in [1.165, 1.54) is 25.9 Å². The van der Waals surface area contributed by atoms with Gasteiger partial charge in [0.1, 0.15) is 0 Å². The van der Waals surface area contributed by atoms with Gasteiger partial charge in [-0.15, -0.1) is 0 Å². The van der Waals surface area contributed by atoms with Crippen LogP contribution >= 0.6 is 0 Å². The fraction of sp³-hybridized carbons (Fsp3) is 0.444. The summed E-state index contributed by atoms with van der Waals surface area (Å²) < 4.78 is 13.4. The molecule has 1 saturated heterocycles. The van der Waals surface area contributed by atoms with Crippen LogP contribution in [0, 0.1) is 0 Å². The van der Waals surface area contributed by atoms with Gasteiger partial charge in [-0.2, -0.15) is 0 Å². The van der Waals surface area contributed by atoms with E-state index in [1.54, 1.807) is 13.3 Å². The first-order chi connectivity index (χ1) is 11.8. The minimum atomic E-state index is 0.681. The maximum absolute atomic E-state index is 5.97. The summed E-state index contributed by atoms with van der Waals surface area (Å²) in [6.45, 7) is 4.24. The van der Waals surface area contributed by atoms with Crippen molar-refractivity contribution in [3.63, 3.8) is 0 Å². The lowest BCUT2D eigenvalue weighted by molar-refractivity contribution is 0.254. The molecule has 0 bridgehead atoms. The fourth-order valence-electron chi connectivity index (χ4n) is 3.31. The normalized spacial score (nSPS) is 15.4. The number of ether oxygens (including phenoxy) is 2. The van der Waals surface area contributed by atoms with E-state index in [-0.39, 0.29) is 0 Å². The summed E-state index contributed by atoms with van der Waals surface area (Å²) in [6, 6.07) is 5.80. The summed E-state index contributed by atoms with van der Waals surface area (Å²) in [5.74, 6) is 2.16. The highest BCUT2D eigenvalue weighted by molar-refractivity contribution is 5.83. The van der Waals surface area contributed by atoms with Gasteiger partial charge < -0.3 is 14.4 Å². The van der Waals surface area contributed by atoms with Crippen molar-refractivity contribution in [1.29, 1.82) is 0 Å². The van der Waals surface area contributed by atoms with Crippen molar-refractivity contribution in [2.24, 2.45) is 0 Å². The standard InChI is InChI=1S/C18H22N4O2/c1-23-16-13-15-14(20-18-19-6-4-10-22(15)18)12-17(16)24-11-5-9-21-7-2-3-8-21/h4,6,10,12-13H,2-3,5,7-9,11H2,1H3. The zero-order valence-electron chi connectivity index (χ0n) is 13.9. The summed E-state index contributed by atoms with van der Waals surface area (Å²) in [5.41, 5.74) is 1.84. The topological polar surface area (TPSA) is 51.9 Å². The molecule has 0 unspecified atom stereocenters. The average molecular weight is 326 g/mol. The molecule has 0 N–H and O–H groups in total. The van der Waals surface area contributed by atoms with Gasteiger partial charge in [-0.05, 0) is 38.4 Å². The van der Waals surface area contributed by atoms with E-state index in [1.807, 2.05) is 28.8 Å². The van der Waals surface area contributed by atoms with Crippen molar-refractivity contribution in [2.45, 2.75) is 19.3 Å². The Balaban J connectivity index is 1.52. The number of nitrogens with zero attached hydrogens (tertiary/aromatic N) is 4. The first kappa shape index (κ1) is 15.2. The van der Waals surface area contributed by atoms with E-state index in [0.717, 1.165) is 35.5 Å². The van der Waals surface area contributed by atoms with Crippen LogP contribution in [-0.4, -0.2) is 52.6 Å². The van der Waals surface area contributed by atoms with Gasteiger partial charge >= 0.3 is 0 Å². The smallest absolute Gasteiger partial charge is 0.234 e. The quantitative estimate of drug-likeness (QED) is 0.652. The highest BCUT2D eigenvalue weighted by Gasteiger charge is 2.13. The lowest BCUT2D eigenvalue weighted by Gasteiger charge is -2.15. The number of hydrogen-bond donors (Lipinski definition) is 0. The molecule has 0 radical (unpaired) electrons. The molecule has 4 rings (SSSR count). The lowest BCUT2D eigenvalue weighted by Crippen LogP contribution is -2.21. The number of aromatic nitrogens is 3. The second-order valence-electron chi connectivity index (χ2n) is 6.14. The second kappa shape index (κ2) is 6.65. The Morgan fingerprint density at radius 3 is 2.88 bits per heavy atom. The molecule has 0 atom stereocenters. The van der Waals surface area contributed by atoms with Crippen LogP contribution in [0.4, 0.5) is 0 Å². The minimum absolute atomic E-state index is 0.681. The van der Waals surface area contributed by atoms with E-state index in [2.05, 4.69) is 14.9 Å². The highest BCUT2D eigenvalue weighted by Crippen LogP contribution is 2.32.